The molecule has 3 nitrogen and oxygen atoms in total. The molecule has 1 aromatic carbocycles. The molecule has 0 amide bonds. The standard InChI is InChI=1S/C29H42O3/c1-5-20-10-11-23-22-17-26(30)25-16-21(32-27(31)19-8-6-18(2)7-9-19)12-14-29(25,4)24(22)13-15-28(20,23)3/h6-9,20-26,30H,5,10-17H2,1-4H3. The molecular weight excluding hydrogens is 396 g/mol. The van der Waals surface area contributed by atoms with Gasteiger partial charge in [0.1, 0.15) is 6.10 Å². The molecule has 0 saturated heterocycles. The maximum atomic E-state index is 12.7. The molecule has 9 atom stereocenters. The van der Waals surface area contributed by atoms with E-state index in [1.54, 1.807) is 0 Å². The van der Waals surface area contributed by atoms with E-state index in [0.29, 0.717) is 16.9 Å². The van der Waals surface area contributed by atoms with Gasteiger partial charge in [0.05, 0.1) is 11.7 Å². The summed E-state index contributed by atoms with van der Waals surface area (Å²) in [5, 5.41) is 11.4. The third kappa shape index (κ3) is 3.45. The second-order valence-corrected chi connectivity index (χ2v) is 12.2. The van der Waals surface area contributed by atoms with Crippen molar-refractivity contribution in [2.75, 3.05) is 0 Å². The average Bonchev–Trinajstić information content (AvgIpc) is 3.11. The fourth-order valence-corrected chi connectivity index (χ4v) is 9.06. The van der Waals surface area contributed by atoms with Crippen molar-refractivity contribution in [1.82, 2.24) is 0 Å². The van der Waals surface area contributed by atoms with Gasteiger partial charge in [-0.3, -0.25) is 0 Å². The summed E-state index contributed by atoms with van der Waals surface area (Å²) in [5.74, 6) is 3.09. The topological polar surface area (TPSA) is 46.5 Å². The van der Waals surface area contributed by atoms with Crippen LogP contribution in [0.15, 0.2) is 24.3 Å². The van der Waals surface area contributed by atoms with Gasteiger partial charge < -0.3 is 9.84 Å². The van der Waals surface area contributed by atoms with Crippen LogP contribution in [0.25, 0.3) is 0 Å². The molecule has 5 rings (SSSR count). The van der Waals surface area contributed by atoms with E-state index in [-0.39, 0.29) is 29.5 Å². The summed E-state index contributed by atoms with van der Waals surface area (Å²) in [6, 6.07) is 7.63. The molecule has 0 radical (unpaired) electrons. The predicted molar refractivity (Wildman–Crippen MR) is 127 cm³/mol. The van der Waals surface area contributed by atoms with Crippen LogP contribution in [0.3, 0.4) is 0 Å². The van der Waals surface area contributed by atoms with Crippen molar-refractivity contribution in [3.8, 4) is 0 Å². The van der Waals surface area contributed by atoms with Crippen LogP contribution in [0.5, 0.6) is 0 Å². The number of ether oxygens (including phenoxy) is 1. The number of esters is 1. The zero-order valence-electron chi connectivity index (χ0n) is 20.5. The van der Waals surface area contributed by atoms with Crippen LogP contribution in [0.2, 0.25) is 0 Å². The SMILES string of the molecule is CCC1CCC2C3CC(O)C4CC(OC(=O)c5ccc(C)cc5)CCC4(C)C3CCC12C. The number of aliphatic hydroxyl groups is 1. The first-order valence-corrected chi connectivity index (χ1v) is 13.2. The van der Waals surface area contributed by atoms with Crippen molar-refractivity contribution in [2.45, 2.75) is 97.7 Å². The van der Waals surface area contributed by atoms with Crippen molar-refractivity contribution >= 4 is 5.97 Å². The van der Waals surface area contributed by atoms with E-state index in [1.165, 1.54) is 32.1 Å². The molecule has 32 heavy (non-hydrogen) atoms. The van der Waals surface area contributed by atoms with Gasteiger partial charge in [0.25, 0.3) is 0 Å². The minimum absolute atomic E-state index is 0.0714. The highest BCUT2D eigenvalue weighted by Crippen LogP contribution is 2.67. The summed E-state index contributed by atoms with van der Waals surface area (Å²) < 4.78 is 5.96. The van der Waals surface area contributed by atoms with E-state index in [2.05, 4.69) is 20.8 Å². The Kier molecular flexibility index (Phi) is 5.72. The zero-order chi connectivity index (χ0) is 22.7. The molecule has 3 heteroatoms. The van der Waals surface area contributed by atoms with Gasteiger partial charge in [-0.15, -0.1) is 0 Å². The van der Waals surface area contributed by atoms with Crippen molar-refractivity contribution in [3.05, 3.63) is 35.4 Å². The Labute approximate surface area is 194 Å². The largest absolute Gasteiger partial charge is 0.459 e. The lowest BCUT2D eigenvalue weighted by atomic mass is 9.44. The number of hydrogen-bond donors (Lipinski definition) is 1. The molecule has 0 spiro atoms. The average molecular weight is 439 g/mol. The molecule has 4 fully saturated rings. The zero-order valence-corrected chi connectivity index (χ0v) is 20.5. The molecule has 0 bridgehead atoms. The second kappa shape index (κ2) is 8.15. The van der Waals surface area contributed by atoms with Crippen molar-refractivity contribution in [3.63, 3.8) is 0 Å². The molecule has 9 unspecified atom stereocenters. The predicted octanol–water partition coefficient (Wildman–Crippen LogP) is 6.56. The Morgan fingerprint density at radius 3 is 2.38 bits per heavy atom. The van der Waals surface area contributed by atoms with Gasteiger partial charge in [-0.25, -0.2) is 4.79 Å². The van der Waals surface area contributed by atoms with E-state index in [1.807, 2.05) is 31.2 Å². The Hall–Kier alpha value is -1.35. The summed E-state index contributed by atoms with van der Waals surface area (Å²) in [6.07, 6.45) is 10.2. The van der Waals surface area contributed by atoms with Crippen molar-refractivity contribution in [1.29, 1.82) is 0 Å². The Morgan fingerprint density at radius 2 is 1.66 bits per heavy atom. The minimum Gasteiger partial charge on any atom is -0.459 e. The molecule has 4 saturated carbocycles. The summed E-state index contributed by atoms with van der Waals surface area (Å²) in [5.41, 5.74) is 2.44. The Bertz CT molecular complexity index is 846. The summed E-state index contributed by atoms with van der Waals surface area (Å²) >= 11 is 0. The maximum absolute atomic E-state index is 12.7. The van der Waals surface area contributed by atoms with E-state index in [9.17, 15) is 9.90 Å². The number of aryl methyl sites for hydroxylation is 1. The number of aliphatic hydroxyl groups excluding tert-OH is 1. The number of rotatable bonds is 3. The van der Waals surface area contributed by atoms with Gasteiger partial charge in [-0.2, -0.15) is 0 Å². The second-order valence-electron chi connectivity index (χ2n) is 12.2. The first kappa shape index (κ1) is 22.4. The highest BCUT2D eigenvalue weighted by molar-refractivity contribution is 5.89. The van der Waals surface area contributed by atoms with E-state index in [4.69, 9.17) is 4.74 Å². The van der Waals surface area contributed by atoms with Crippen LogP contribution in [-0.2, 0) is 4.74 Å². The molecule has 0 aliphatic heterocycles. The fourth-order valence-electron chi connectivity index (χ4n) is 9.06. The van der Waals surface area contributed by atoms with Gasteiger partial charge in [0, 0.05) is 0 Å². The van der Waals surface area contributed by atoms with Gasteiger partial charge in [0.2, 0.25) is 0 Å². The highest BCUT2D eigenvalue weighted by atomic mass is 16.5. The highest BCUT2D eigenvalue weighted by Gasteiger charge is 2.61. The molecule has 4 aliphatic rings. The molecule has 4 aliphatic carbocycles. The molecule has 1 N–H and O–H groups in total. The van der Waals surface area contributed by atoms with Gasteiger partial charge in [-0.05, 0) is 111 Å². The maximum Gasteiger partial charge on any atom is 0.338 e. The Morgan fingerprint density at radius 1 is 0.969 bits per heavy atom. The van der Waals surface area contributed by atoms with E-state index in [0.717, 1.165) is 49.0 Å². The lowest BCUT2D eigenvalue weighted by molar-refractivity contribution is -0.171. The lowest BCUT2D eigenvalue weighted by Crippen LogP contribution is -2.58. The van der Waals surface area contributed by atoms with Crippen LogP contribution in [0.4, 0.5) is 0 Å². The smallest absolute Gasteiger partial charge is 0.338 e. The lowest BCUT2D eigenvalue weighted by Gasteiger charge is -2.62. The number of fused-ring (bicyclic) bond motifs is 5. The third-order valence-electron chi connectivity index (χ3n) is 10.9. The summed E-state index contributed by atoms with van der Waals surface area (Å²) in [7, 11) is 0. The summed E-state index contributed by atoms with van der Waals surface area (Å²) in [6.45, 7) is 9.43. The number of carbonyl (C=O) groups is 1. The van der Waals surface area contributed by atoms with Gasteiger partial charge in [0.15, 0.2) is 0 Å². The number of benzene rings is 1. The van der Waals surface area contributed by atoms with Crippen LogP contribution in [-0.4, -0.2) is 23.3 Å². The molecule has 176 valence electrons. The third-order valence-corrected chi connectivity index (χ3v) is 10.9. The quantitative estimate of drug-likeness (QED) is 0.544. The molecule has 0 heterocycles. The molecule has 1 aromatic rings. The van der Waals surface area contributed by atoms with Crippen molar-refractivity contribution in [2.24, 2.45) is 40.4 Å². The normalized spacial score (nSPS) is 45.5. The van der Waals surface area contributed by atoms with Crippen LogP contribution in [0, 0.1) is 47.3 Å². The van der Waals surface area contributed by atoms with E-state index >= 15 is 0 Å². The van der Waals surface area contributed by atoms with Crippen LogP contribution in [0.1, 0.15) is 94.5 Å². The van der Waals surface area contributed by atoms with Crippen LogP contribution >= 0.6 is 0 Å². The minimum atomic E-state index is -0.259. The monoisotopic (exact) mass is 438 g/mol. The number of hydrogen-bond acceptors (Lipinski definition) is 3. The van der Waals surface area contributed by atoms with E-state index < -0.39 is 0 Å². The first-order valence-electron chi connectivity index (χ1n) is 13.2. The fraction of sp³-hybridized carbons (Fsp3) is 0.759. The number of carbonyl (C=O) groups excluding carboxylic acids is 1. The molecule has 0 aromatic heterocycles. The first-order chi connectivity index (χ1) is 15.3. The van der Waals surface area contributed by atoms with Crippen molar-refractivity contribution < 1.29 is 14.6 Å². The van der Waals surface area contributed by atoms with Gasteiger partial charge >= 0.3 is 5.97 Å². The van der Waals surface area contributed by atoms with Gasteiger partial charge in [-0.1, -0.05) is 44.9 Å². The summed E-state index contributed by atoms with van der Waals surface area (Å²) in [4.78, 5) is 12.7. The van der Waals surface area contributed by atoms with Crippen LogP contribution < -0.4 is 0 Å². The molecular formula is C29H42O3. The Balaban J connectivity index is 1.31.